The predicted octanol–water partition coefficient (Wildman–Crippen LogP) is 13.8. The third-order valence-electron chi connectivity index (χ3n) is 9.98. The molecule has 1 rings (SSSR count). The Morgan fingerprint density at radius 1 is 0.574 bits per heavy atom. The zero-order chi connectivity index (χ0) is 34.1. The van der Waals surface area contributed by atoms with E-state index in [1.165, 1.54) is 154 Å². The molecule has 3 nitrogen and oxygen atoms in total. The lowest BCUT2D eigenvalue weighted by Gasteiger charge is -2.41. The van der Waals surface area contributed by atoms with Crippen LogP contribution in [0.2, 0.25) is 0 Å². The van der Waals surface area contributed by atoms with E-state index in [0.29, 0.717) is 5.92 Å². The monoisotopic (exact) mass is 658 g/mol. The Kier molecular flexibility index (Phi) is 30.3. The molecule has 0 saturated carbocycles. The maximum atomic E-state index is 6.57. The van der Waals surface area contributed by atoms with Gasteiger partial charge in [-0.1, -0.05) is 154 Å². The molecule has 0 aromatic carbocycles. The van der Waals surface area contributed by atoms with Crippen LogP contribution in [0.1, 0.15) is 194 Å². The van der Waals surface area contributed by atoms with E-state index in [1.54, 1.807) is 0 Å². The summed E-state index contributed by atoms with van der Waals surface area (Å²) < 4.78 is 13.1. The fraction of sp³-hybridized carbons (Fsp3) is 0.864. The first-order valence-electron chi connectivity index (χ1n) is 20.9. The summed E-state index contributed by atoms with van der Waals surface area (Å²) in [6.07, 6.45) is 49.5. The average Bonchev–Trinajstić information content (AvgIpc) is 3.06. The topological polar surface area (TPSA) is 21.7 Å². The molecule has 1 heterocycles. The lowest BCUT2D eigenvalue weighted by molar-refractivity contribution is -0.290. The zero-order valence-electron chi connectivity index (χ0n) is 32.6. The third kappa shape index (κ3) is 27.6. The Hall–Kier alpha value is -0.900. The van der Waals surface area contributed by atoms with Crippen LogP contribution in [0.3, 0.4) is 0 Å². The summed E-state index contributed by atoms with van der Waals surface area (Å²) >= 11 is 0. The van der Waals surface area contributed by atoms with Gasteiger partial charge in [0.05, 0.1) is 13.2 Å². The normalized spacial score (nSPS) is 19.7. The highest BCUT2D eigenvalue weighted by atomic mass is 16.7. The van der Waals surface area contributed by atoms with E-state index >= 15 is 0 Å². The van der Waals surface area contributed by atoms with Crippen molar-refractivity contribution in [2.75, 3.05) is 33.9 Å². The Morgan fingerprint density at radius 3 is 1.55 bits per heavy atom. The minimum Gasteiger partial charge on any atom is -0.350 e. The zero-order valence-corrected chi connectivity index (χ0v) is 32.6. The van der Waals surface area contributed by atoms with Crippen LogP contribution in [0.25, 0.3) is 0 Å². The highest BCUT2D eigenvalue weighted by Crippen LogP contribution is 2.33. The fourth-order valence-electron chi connectivity index (χ4n) is 6.89. The SMILES string of the molecule is CCCCC/C=C\C/C=C\CCCCCCCCC1(CCCCCCCC/C=C\CC(C)CCCCCC)OCC(CN(C)C)CO1. The first-order valence-corrected chi connectivity index (χ1v) is 20.9. The number of allylic oxidation sites excluding steroid dienone is 6. The quantitative estimate of drug-likeness (QED) is 0.0518. The number of hydrogen-bond donors (Lipinski definition) is 0. The summed E-state index contributed by atoms with van der Waals surface area (Å²) in [6, 6.07) is 0. The van der Waals surface area contributed by atoms with Crippen LogP contribution >= 0.6 is 0 Å². The third-order valence-corrected chi connectivity index (χ3v) is 9.98. The van der Waals surface area contributed by atoms with E-state index in [2.05, 4.69) is 76.2 Å². The second kappa shape index (κ2) is 32.3. The van der Waals surface area contributed by atoms with Crippen LogP contribution in [0.5, 0.6) is 0 Å². The van der Waals surface area contributed by atoms with Crippen molar-refractivity contribution in [1.82, 2.24) is 4.90 Å². The molecule has 1 aliphatic heterocycles. The van der Waals surface area contributed by atoms with E-state index in [9.17, 15) is 0 Å². The molecule has 0 radical (unpaired) electrons. The number of hydrogen-bond acceptors (Lipinski definition) is 3. The van der Waals surface area contributed by atoms with Gasteiger partial charge < -0.3 is 14.4 Å². The molecule has 276 valence electrons. The Bertz CT molecular complexity index is 733. The molecule has 0 bridgehead atoms. The standard InChI is InChI=1S/C44H83NO2/c1-6-8-10-12-13-14-15-16-17-18-19-20-23-26-29-33-37-44(46-40-43(41-47-44)39-45(4)5)38-34-30-27-24-21-22-25-28-32-36-42(3)35-31-11-9-7-2/h13-14,16-17,28,32,42-43H,6-12,15,18-27,29-31,33-41H2,1-5H3/b14-13-,17-16-,32-28-. The minimum atomic E-state index is -0.323. The van der Waals surface area contributed by atoms with E-state index in [0.717, 1.165) is 44.9 Å². The van der Waals surface area contributed by atoms with Crippen LogP contribution < -0.4 is 0 Å². The summed E-state index contributed by atoms with van der Waals surface area (Å²) in [4.78, 5) is 2.26. The lowest BCUT2D eigenvalue weighted by Crippen LogP contribution is -2.46. The molecule has 0 aromatic heterocycles. The fourth-order valence-corrected chi connectivity index (χ4v) is 6.89. The first-order chi connectivity index (χ1) is 23.0. The molecule has 0 spiro atoms. The Labute approximate surface area is 295 Å². The van der Waals surface area contributed by atoms with Gasteiger partial charge in [0.25, 0.3) is 0 Å². The average molecular weight is 658 g/mol. The highest BCUT2D eigenvalue weighted by Gasteiger charge is 2.36. The van der Waals surface area contributed by atoms with E-state index in [1.807, 2.05) is 0 Å². The van der Waals surface area contributed by atoms with Crippen LogP contribution in [-0.2, 0) is 9.47 Å². The van der Waals surface area contributed by atoms with Crippen molar-refractivity contribution in [2.24, 2.45) is 11.8 Å². The number of ether oxygens (including phenoxy) is 2. The van der Waals surface area contributed by atoms with Gasteiger partial charge in [0.2, 0.25) is 0 Å². The maximum Gasteiger partial charge on any atom is 0.168 e. The predicted molar refractivity (Wildman–Crippen MR) is 209 cm³/mol. The van der Waals surface area contributed by atoms with Gasteiger partial charge in [-0.2, -0.15) is 0 Å². The minimum absolute atomic E-state index is 0.323. The molecular weight excluding hydrogens is 574 g/mol. The number of unbranched alkanes of at least 4 members (excludes halogenated alkanes) is 18. The highest BCUT2D eigenvalue weighted by molar-refractivity contribution is 4.92. The van der Waals surface area contributed by atoms with Crippen molar-refractivity contribution in [3.63, 3.8) is 0 Å². The second-order valence-corrected chi connectivity index (χ2v) is 15.3. The van der Waals surface area contributed by atoms with Gasteiger partial charge in [-0.15, -0.1) is 0 Å². The molecular formula is C44H83NO2. The molecule has 0 aromatic rings. The largest absolute Gasteiger partial charge is 0.350 e. The van der Waals surface area contributed by atoms with Crippen molar-refractivity contribution < 1.29 is 9.47 Å². The van der Waals surface area contributed by atoms with Crippen molar-refractivity contribution in [1.29, 1.82) is 0 Å². The summed E-state index contributed by atoms with van der Waals surface area (Å²) in [5, 5.41) is 0. The molecule has 1 fully saturated rings. The number of nitrogens with zero attached hydrogens (tertiary/aromatic N) is 1. The van der Waals surface area contributed by atoms with Gasteiger partial charge in [-0.05, 0) is 84.2 Å². The summed E-state index contributed by atoms with van der Waals surface area (Å²) in [7, 11) is 4.30. The van der Waals surface area contributed by atoms with Crippen molar-refractivity contribution in [3.05, 3.63) is 36.5 Å². The van der Waals surface area contributed by atoms with Gasteiger partial charge in [0.15, 0.2) is 5.79 Å². The molecule has 1 saturated heterocycles. The van der Waals surface area contributed by atoms with Gasteiger partial charge in [0.1, 0.15) is 0 Å². The molecule has 3 heteroatoms. The first kappa shape index (κ1) is 44.1. The van der Waals surface area contributed by atoms with Crippen LogP contribution in [0.15, 0.2) is 36.5 Å². The second-order valence-electron chi connectivity index (χ2n) is 15.3. The van der Waals surface area contributed by atoms with E-state index in [-0.39, 0.29) is 5.79 Å². The molecule has 1 atom stereocenters. The smallest absolute Gasteiger partial charge is 0.168 e. The molecule has 0 amide bonds. The van der Waals surface area contributed by atoms with E-state index < -0.39 is 0 Å². The van der Waals surface area contributed by atoms with Crippen LogP contribution in [-0.4, -0.2) is 44.5 Å². The molecule has 0 N–H and O–H groups in total. The Morgan fingerprint density at radius 2 is 1.02 bits per heavy atom. The van der Waals surface area contributed by atoms with Gasteiger partial charge in [0, 0.05) is 25.3 Å². The molecule has 1 aliphatic rings. The Balaban J connectivity index is 2.17. The van der Waals surface area contributed by atoms with Gasteiger partial charge >= 0.3 is 0 Å². The molecule has 0 aliphatic carbocycles. The summed E-state index contributed by atoms with van der Waals surface area (Å²) in [6.45, 7) is 9.74. The van der Waals surface area contributed by atoms with Crippen LogP contribution in [0, 0.1) is 11.8 Å². The summed E-state index contributed by atoms with van der Waals surface area (Å²) in [5.41, 5.74) is 0. The summed E-state index contributed by atoms with van der Waals surface area (Å²) in [5.74, 6) is 1.02. The van der Waals surface area contributed by atoms with Crippen molar-refractivity contribution >= 4 is 0 Å². The van der Waals surface area contributed by atoms with Crippen molar-refractivity contribution in [3.8, 4) is 0 Å². The molecule has 1 unspecified atom stereocenters. The van der Waals surface area contributed by atoms with Crippen molar-refractivity contribution in [2.45, 2.75) is 200 Å². The lowest BCUT2D eigenvalue weighted by atomic mass is 9.97. The van der Waals surface area contributed by atoms with Gasteiger partial charge in [-0.25, -0.2) is 0 Å². The van der Waals surface area contributed by atoms with Gasteiger partial charge in [-0.3, -0.25) is 0 Å². The molecule has 47 heavy (non-hydrogen) atoms. The maximum absolute atomic E-state index is 6.57. The van der Waals surface area contributed by atoms with E-state index in [4.69, 9.17) is 9.47 Å². The number of rotatable bonds is 33. The van der Waals surface area contributed by atoms with Crippen LogP contribution in [0.4, 0.5) is 0 Å².